The molecule has 0 heterocycles. The fourth-order valence-corrected chi connectivity index (χ4v) is 2.64. The lowest BCUT2D eigenvalue weighted by Gasteiger charge is -2.30. The van der Waals surface area contributed by atoms with Crippen molar-refractivity contribution < 1.29 is 4.79 Å². The van der Waals surface area contributed by atoms with Gasteiger partial charge in [-0.3, -0.25) is 4.79 Å². The van der Waals surface area contributed by atoms with E-state index in [2.05, 4.69) is 32.6 Å². The Hall–Kier alpha value is -1.37. The normalized spacial score (nSPS) is 29.4. The molecule has 16 heavy (non-hydrogen) atoms. The van der Waals surface area contributed by atoms with Crippen LogP contribution >= 0.6 is 0 Å². The molecular formula is C15H18O. The van der Waals surface area contributed by atoms with Crippen LogP contribution in [0.4, 0.5) is 0 Å². The van der Waals surface area contributed by atoms with Crippen molar-refractivity contribution in [1.29, 1.82) is 0 Å². The fraction of sp³-hybridized carbons (Fsp3) is 0.400. The first-order valence-electron chi connectivity index (χ1n) is 5.81. The van der Waals surface area contributed by atoms with Gasteiger partial charge in [0.05, 0.1) is 0 Å². The van der Waals surface area contributed by atoms with Crippen LogP contribution in [0.15, 0.2) is 36.4 Å². The summed E-state index contributed by atoms with van der Waals surface area (Å²) in [6, 6.07) is 7.97. The molecule has 0 bridgehead atoms. The molecule has 0 unspecified atom stereocenters. The second-order valence-corrected chi connectivity index (χ2v) is 5.04. The summed E-state index contributed by atoms with van der Waals surface area (Å²) in [7, 11) is 0. The van der Waals surface area contributed by atoms with Crippen LogP contribution in [0.5, 0.6) is 0 Å². The van der Waals surface area contributed by atoms with Crippen molar-refractivity contribution >= 4 is 6.29 Å². The van der Waals surface area contributed by atoms with E-state index in [1.54, 1.807) is 0 Å². The minimum Gasteiger partial charge on any atom is -0.298 e. The Morgan fingerprint density at radius 2 is 2.00 bits per heavy atom. The molecule has 84 valence electrons. The Kier molecular flexibility index (Phi) is 2.71. The fourth-order valence-electron chi connectivity index (χ4n) is 2.64. The lowest BCUT2D eigenvalue weighted by atomic mass is 9.74. The minimum atomic E-state index is 0.193. The highest BCUT2D eigenvalue weighted by atomic mass is 16.1. The molecule has 0 radical (unpaired) electrons. The van der Waals surface area contributed by atoms with Crippen LogP contribution in [0.1, 0.15) is 42.6 Å². The maximum absolute atomic E-state index is 10.6. The number of hydrogen-bond acceptors (Lipinski definition) is 1. The Morgan fingerprint density at radius 3 is 2.44 bits per heavy atom. The molecule has 2 rings (SSSR count). The molecular weight excluding hydrogens is 196 g/mol. The first-order chi connectivity index (χ1) is 7.58. The Bertz CT molecular complexity index is 416. The molecule has 0 N–H and O–H groups in total. The summed E-state index contributed by atoms with van der Waals surface area (Å²) < 4.78 is 0. The summed E-state index contributed by atoms with van der Waals surface area (Å²) >= 11 is 0. The van der Waals surface area contributed by atoms with E-state index >= 15 is 0 Å². The van der Waals surface area contributed by atoms with Crippen LogP contribution in [-0.2, 0) is 5.41 Å². The highest BCUT2D eigenvalue weighted by molar-refractivity contribution is 5.74. The van der Waals surface area contributed by atoms with Gasteiger partial charge in [-0.15, -0.1) is 0 Å². The molecule has 1 aromatic carbocycles. The zero-order valence-corrected chi connectivity index (χ0v) is 9.99. The number of carbonyl (C=O) groups is 1. The van der Waals surface area contributed by atoms with Crippen molar-refractivity contribution in [2.24, 2.45) is 5.92 Å². The zero-order valence-electron chi connectivity index (χ0n) is 9.99. The molecule has 0 aromatic heterocycles. The van der Waals surface area contributed by atoms with Gasteiger partial charge in [0, 0.05) is 5.56 Å². The van der Waals surface area contributed by atoms with Gasteiger partial charge in [-0.25, -0.2) is 0 Å². The van der Waals surface area contributed by atoms with Gasteiger partial charge in [-0.1, -0.05) is 50.3 Å². The van der Waals surface area contributed by atoms with Crippen LogP contribution in [0, 0.1) is 5.92 Å². The van der Waals surface area contributed by atoms with Crippen LogP contribution in [0.2, 0.25) is 0 Å². The summed E-state index contributed by atoms with van der Waals surface area (Å²) in [6.45, 7) is 8.68. The van der Waals surface area contributed by atoms with E-state index < -0.39 is 0 Å². The summed E-state index contributed by atoms with van der Waals surface area (Å²) in [4.78, 5) is 10.6. The van der Waals surface area contributed by atoms with E-state index in [-0.39, 0.29) is 5.41 Å². The zero-order chi connectivity index (χ0) is 11.8. The van der Waals surface area contributed by atoms with E-state index in [1.807, 2.05) is 12.1 Å². The van der Waals surface area contributed by atoms with Gasteiger partial charge >= 0.3 is 0 Å². The average molecular weight is 214 g/mol. The molecule has 0 spiro atoms. The van der Waals surface area contributed by atoms with Gasteiger partial charge in [0.1, 0.15) is 6.29 Å². The number of carbonyl (C=O) groups excluding carboxylic acids is 1. The third-order valence-electron chi connectivity index (χ3n) is 4.24. The van der Waals surface area contributed by atoms with Crippen LogP contribution in [0.3, 0.4) is 0 Å². The summed E-state index contributed by atoms with van der Waals surface area (Å²) in [6.07, 6.45) is 3.17. The lowest BCUT2D eigenvalue weighted by molar-refractivity contribution is 0.112. The Labute approximate surface area is 97.2 Å². The predicted octanol–water partition coefficient (Wildman–Crippen LogP) is 3.74. The van der Waals surface area contributed by atoms with E-state index in [4.69, 9.17) is 0 Å². The number of benzene rings is 1. The van der Waals surface area contributed by atoms with Crippen molar-refractivity contribution in [1.82, 2.24) is 0 Å². The van der Waals surface area contributed by atoms with Gasteiger partial charge in [-0.2, -0.15) is 0 Å². The second kappa shape index (κ2) is 3.89. The highest BCUT2D eigenvalue weighted by Crippen LogP contribution is 2.47. The molecule has 1 fully saturated rings. The molecule has 1 aromatic rings. The Balaban J connectivity index is 2.36. The topological polar surface area (TPSA) is 17.1 Å². The molecule has 0 saturated heterocycles. The van der Waals surface area contributed by atoms with Crippen molar-refractivity contribution in [3.05, 3.63) is 47.5 Å². The average Bonchev–Trinajstić information content (AvgIpc) is 2.59. The van der Waals surface area contributed by atoms with Crippen LogP contribution in [-0.4, -0.2) is 6.29 Å². The Morgan fingerprint density at radius 1 is 1.38 bits per heavy atom. The molecule has 2 atom stereocenters. The van der Waals surface area contributed by atoms with Gasteiger partial charge in [0.15, 0.2) is 0 Å². The largest absolute Gasteiger partial charge is 0.298 e. The monoisotopic (exact) mass is 214 g/mol. The minimum absolute atomic E-state index is 0.193. The maximum atomic E-state index is 10.6. The van der Waals surface area contributed by atoms with Crippen molar-refractivity contribution in [2.75, 3.05) is 0 Å². The molecule has 1 saturated carbocycles. The molecule has 0 aliphatic heterocycles. The van der Waals surface area contributed by atoms with Gasteiger partial charge in [0.2, 0.25) is 0 Å². The highest BCUT2D eigenvalue weighted by Gasteiger charge is 2.39. The number of hydrogen-bond donors (Lipinski definition) is 0. The summed E-state index contributed by atoms with van der Waals surface area (Å²) in [5.74, 6) is 0.523. The smallest absolute Gasteiger partial charge is 0.150 e. The van der Waals surface area contributed by atoms with Gasteiger partial charge < -0.3 is 0 Å². The third-order valence-corrected chi connectivity index (χ3v) is 4.24. The number of aldehydes is 1. The molecule has 1 nitrogen and oxygen atoms in total. The predicted molar refractivity (Wildman–Crippen MR) is 66.7 cm³/mol. The third kappa shape index (κ3) is 1.60. The van der Waals surface area contributed by atoms with Crippen LogP contribution < -0.4 is 0 Å². The van der Waals surface area contributed by atoms with E-state index in [9.17, 15) is 4.79 Å². The summed E-state index contributed by atoms with van der Waals surface area (Å²) in [5, 5.41) is 0. The standard InChI is InChI=1S/C15H18O/c1-11-8-9-15(3,12(11)2)14-6-4-13(10-16)5-7-14/h4-7,10,12H,1,8-9H2,2-3H3/t12-,15+/m0/s1. The van der Waals surface area contributed by atoms with E-state index in [0.717, 1.165) is 24.7 Å². The van der Waals surface area contributed by atoms with Crippen molar-refractivity contribution in [3.63, 3.8) is 0 Å². The SMILES string of the molecule is C=C1CC[C@@](C)(c2ccc(C=O)cc2)[C@H]1C. The molecule has 1 aliphatic carbocycles. The van der Waals surface area contributed by atoms with E-state index in [1.165, 1.54) is 11.1 Å². The first-order valence-corrected chi connectivity index (χ1v) is 5.81. The molecule has 0 amide bonds. The summed E-state index contributed by atoms with van der Waals surface area (Å²) in [5.41, 5.74) is 3.61. The van der Waals surface area contributed by atoms with E-state index in [0.29, 0.717) is 5.92 Å². The molecule has 1 aliphatic rings. The number of rotatable bonds is 2. The molecule has 1 heteroatoms. The second-order valence-electron chi connectivity index (χ2n) is 5.04. The van der Waals surface area contributed by atoms with Gasteiger partial charge in [-0.05, 0) is 29.7 Å². The number of allylic oxidation sites excluding steroid dienone is 1. The maximum Gasteiger partial charge on any atom is 0.150 e. The quantitative estimate of drug-likeness (QED) is 0.541. The van der Waals surface area contributed by atoms with Crippen LogP contribution in [0.25, 0.3) is 0 Å². The van der Waals surface area contributed by atoms with Crippen molar-refractivity contribution in [3.8, 4) is 0 Å². The first kappa shape index (κ1) is 11.1. The van der Waals surface area contributed by atoms with Crippen molar-refractivity contribution in [2.45, 2.75) is 32.1 Å². The van der Waals surface area contributed by atoms with Gasteiger partial charge in [0.25, 0.3) is 0 Å². The lowest BCUT2D eigenvalue weighted by Crippen LogP contribution is -2.25.